The highest BCUT2D eigenvalue weighted by Gasteiger charge is 2.23. The molecule has 1 unspecified atom stereocenters. The molecule has 78 valence electrons. The molecule has 0 spiro atoms. The van der Waals surface area contributed by atoms with Crippen LogP contribution in [0.25, 0.3) is 0 Å². The molecule has 2 rings (SSSR count). The van der Waals surface area contributed by atoms with Crippen LogP contribution in [0.1, 0.15) is 6.42 Å². The van der Waals surface area contributed by atoms with Crippen LogP contribution in [0.3, 0.4) is 0 Å². The van der Waals surface area contributed by atoms with Crippen molar-refractivity contribution in [3.8, 4) is 0 Å². The van der Waals surface area contributed by atoms with Gasteiger partial charge in [-0.3, -0.25) is 4.68 Å². The number of nitrogen functional groups attached to an aromatic ring is 1. The second-order valence-electron chi connectivity index (χ2n) is 3.71. The van der Waals surface area contributed by atoms with E-state index in [2.05, 4.69) is 10.00 Å². The molecule has 1 atom stereocenters. The van der Waals surface area contributed by atoms with Crippen molar-refractivity contribution in [2.24, 2.45) is 7.05 Å². The molecule has 1 saturated heterocycles. The second kappa shape index (κ2) is 3.49. The van der Waals surface area contributed by atoms with Crippen LogP contribution in [0.5, 0.6) is 0 Å². The van der Waals surface area contributed by atoms with Gasteiger partial charge in [-0.15, -0.1) is 0 Å². The van der Waals surface area contributed by atoms with Crippen LogP contribution in [-0.4, -0.2) is 36.1 Å². The number of rotatable bonds is 2. The van der Waals surface area contributed by atoms with E-state index in [9.17, 15) is 0 Å². The smallest absolute Gasteiger partial charge is 0.173 e. The van der Waals surface area contributed by atoms with Crippen molar-refractivity contribution in [3.05, 3.63) is 6.20 Å². The Morgan fingerprint density at radius 3 is 3.00 bits per heavy atom. The van der Waals surface area contributed by atoms with Crippen molar-refractivity contribution in [3.63, 3.8) is 0 Å². The van der Waals surface area contributed by atoms with E-state index < -0.39 is 0 Å². The van der Waals surface area contributed by atoms with Gasteiger partial charge in [0, 0.05) is 26.9 Å². The largest absolute Gasteiger partial charge is 0.394 e. The molecule has 0 aromatic carbocycles. The molecule has 2 N–H and O–H groups in total. The van der Waals surface area contributed by atoms with Crippen molar-refractivity contribution in [1.29, 1.82) is 0 Å². The van der Waals surface area contributed by atoms with Crippen molar-refractivity contribution >= 4 is 11.5 Å². The average Bonchev–Trinajstić information content (AvgIpc) is 2.73. The van der Waals surface area contributed by atoms with E-state index in [1.165, 1.54) is 0 Å². The van der Waals surface area contributed by atoms with Gasteiger partial charge in [0.2, 0.25) is 0 Å². The fraction of sp³-hybridized carbons (Fsp3) is 0.667. The number of hydrogen-bond donors (Lipinski definition) is 1. The number of ether oxygens (including phenoxy) is 1. The standard InChI is InChI=1S/C9H16N4O/c1-12-5-8(10)9(11-12)13(2)7-3-4-14-6-7/h5,7H,3-4,6,10H2,1-2H3. The lowest BCUT2D eigenvalue weighted by molar-refractivity contribution is 0.193. The van der Waals surface area contributed by atoms with Gasteiger partial charge in [-0.25, -0.2) is 0 Å². The third-order valence-corrected chi connectivity index (χ3v) is 2.62. The minimum absolute atomic E-state index is 0.409. The van der Waals surface area contributed by atoms with Gasteiger partial charge in [-0.2, -0.15) is 5.10 Å². The molecule has 2 heterocycles. The zero-order valence-electron chi connectivity index (χ0n) is 8.60. The minimum atomic E-state index is 0.409. The Bertz CT molecular complexity index is 317. The molecule has 5 heteroatoms. The maximum atomic E-state index is 5.84. The topological polar surface area (TPSA) is 56.3 Å². The minimum Gasteiger partial charge on any atom is -0.394 e. The third-order valence-electron chi connectivity index (χ3n) is 2.62. The van der Waals surface area contributed by atoms with Crippen LogP contribution < -0.4 is 10.6 Å². The number of hydrogen-bond acceptors (Lipinski definition) is 4. The summed E-state index contributed by atoms with van der Waals surface area (Å²) < 4.78 is 7.06. The zero-order valence-corrected chi connectivity index (χ0v) is 8.60. The van der Waals surface area contributed by atoms with Crippen LogP contribution in [0.2, 0.25) is 0 Å². The van der Waals surface area contributed by atoms with Gasteiger partial charge >= 0.3 is 0 Å². The Labute approximate surface area is 83.4 Å². The van der Waals surface area contributed by atoms with Crippen LogP contribution in [-0.2, 0) is 11.8 Å². The Kier molecular flexibility index (Phi) is 2.33. The highest BCUT2D eigenvalue weighted by atomic mass is 16.5. The summed E-state index contributed by atoms with van der Waals surface area (Å²) in [6, 6.07) is 0.409. The molecule has 14 heavy (non-hydrogen) atoms. The maximum Gasteiger partial charge on any atom is 0.173 e. The van der Waals surface area contributed by atoms with Gasteiger partial charge in [-0.05, 0) is 6.42 Å². The van der Waals surface area contributed by atoms with Gasteiger partial charge in [-0.1, -0.05) is 0 Å². The van der Waals surface area contributed by atoms with E-state index in [1.807, 2.05) is 20.3 Å². The molecular formula is C9H16N4O. The summed E-state index contributed by atoms with van der Waals surface area (Å²) in [5.74, 6) is 0.850. The van der Waals surface area contributed by atoms with Crippen LogP contribution in [0, 0.1) is 0 Å². The Hall–Kier alpha value is -1.23. The first-order valence-corrected chi connectivity index (χ1v) is 4.78. The molecule has 1 fully saturated rings. The summed E-state index contributed by atoms with van der Waals surface area (Å²) in [5.41, 5.74) is 6.57. The third kappa shape index (κ3) is 1.55. The number of nitrogens with two attached hydrogens (primary N) is 1. The molecular weight excluding hydrogens is 180 g/mol. The quantitative estimate of drug-likeness (QED) is 0.735. The van der Waals surface area contributed by atoms with Crippen molar-refractivity contribution in [2.75, 3.05) is 30.9 Å². The number of anilines is 2. The summed E-state index contributed by atoms with van der Waals surface area (Å²) in [5, 5.41) is 4.32. The highest BCUT2D eigenvalue weighted by Crippen LogP contribution is 2.23. The molecule has 0 bridgehead atoms. The summed E-state index contributed by atoms with van der Waals surface area (Å²) in [6.45, 7) is 1.61. The fourth-order valence-electron chi connectivity index (χ4n) is 1.77. The molecule has 0 aliphatic carbocycles. The molecule has 1 aromatic heterocycles. The van der Waals surface area contributed by atoms with E-state index in [0.29, 0.717) is 6.04 Å². The molecule has 0 radical (unpaired) electrons. The van der Waals surface area contributed by atoms with E-state index >= 15 is 0 Å². The molecule has 0 saturated carbocycles. The first-order chi connectivity index (χ1) is 6.68. The Morgan fingerprint density at radius 1 is 1.71 bits per heavy atom. The Morgan fingerprint density at radius 2 is 2.50 bits per heavy atom. The SMILES string of the molecule is CN(c1nn(C)cc1N)C1CCOC1. The number of aryl methyl sites for hydroxylation is 1. The van der Waals surface area contributed by atoms with E-state index in [-0.39, 0.29) is 0 Å². The van der Waals surface area contributed by atoms with Crippen LogP contribution in [0.4, 0.5) is 11.5 Å². The second-order valence-corrected chi connectivity index (χ2v) is 3.71. The summed E-state index contributed by atoms with van der Waals surface area (Å²) >= 11 is 0. The van der Waals surface area contributed by atoms with Gasteiger partial charge in [0.15, 0.2) is 5.82 Å². The number of likely N-dealkylation sites (N-methyl/N-ethyl adjacent to an activating group) is 1. The van der Waals surface area contributed by atoms with Crippen molar-refractivity contribution in [2.45, 2.75) is 12.5 Å². The van der Waals surface area contributed by atoms with E-state index in [0.717, 1.165) is 31.1 Å². The monoisotopic (exact) mass is 196 g/mol. The fourth-order valence-corrected chi connectivity index (χ4v) is 1.77. The summed E-state index contributed by atoms with van der Waals surface area (Å²) in [4.78, 5) is 2.10. The van der Waals surface area contributed by atoms with Crippen LogP contribution >= 0.6 is 0 Å². The van der Waals surface area contributed by atoms with Crippen LogP contribution in [0.15, 0.2) is 6.20 Å². The zero-order chi connectivity index (χ0) is 10.1. The van der Waals surface area contributed by atoms with Gasteiger partial charge < -0.3 is 15.4 Å². The first-order valence-electron chi connectivity index (χ1n) is 4.78. The molecule has 1 aliphatic heterocycles. The van der Waals surface area contributed by atoms with E-state index in [1.54, 1.807) is 4.68 Å². The van der Waals surface area contributed by atoms with Gasteiger partial charge in [0.1, 0.15) is 0 Å². The lowest BCUT2D eigenvalue weighted by atomic mass is 10.2. The van der Waals surface area contributed by atoms with Gasteiger partial charge in [0.05, 0.1) is 18.3 Å². The number of aromatic nitrogens is 2. The summed E-state index contributed by atoms with van der Waals surface area (Å²) in [7, 11) is 3.89. The lowest BCUT2D eigenvalue weighted by Crippen LogP contribution is -2.32. The Balaban J connectivity index is 2.17. The normalized spacial score (nSPS) is 21.4. The maximum absolute atomic E-state index is 5.84. The predicted molar refractivity (Wildman–Crippen MR) is 55.2 cm³/mol. The number of nitrogens with zero attached hydrogens (tertiary/aromatic N) is 3. The first kappa shape index (κ1) is 9.33. The summed E-state index contributed by atoms with van der Waals surface area (Å²) in [6.07, 6.45) is 2.87. The highest BCUT2D eigenvalue weighted by molar-refractivity contribution is 5.61. The van der Waals surface area contributed by atoms with Gasteiger partial charge in [0.25, 0.3) is 0 Å². The molecule has 1 aromatic rings. The predicted octanol–water partition coefficient (Wildman–Crippen LogP) is 0.227. The lowest BCUT2D eigenvalue weighted by Gasteiger charge is -2.23. The average molecular weight is 196 g/mol. The molecule has 0 amide bonds. The van der Waals surface area contributed by atoms with E-state index in [4.69, 9.17) is 10.5 Å². The molecule has 1 aliphatic rings. The molecule has 5 nitrogen and oxygen atoms in total. The van der Waals surface area contributed by atoms with Crippen molar-refractivity contribution < 1.29 is 4.74 Å². The van der Waals surface area contributed by atoms with Crippen molar-refractivity contribution in [1.82, 2.24) is 9.78 Å².